The van der Waals surface area contributed by atoms with Crippen LogP contribution < -0.4 is 9.47 Å². The maximum Gasteiger partial charge on any atom is 0.311 e. The fourth-order valence-corrected chi connectivity index (χ4v) is 6.98. The van der Waals surface area contributed by atoms with Crippen LogP contribution in [0.15, 0.2) is 29.8 Å². The van der Waals surface area contributed by atoms with Gasteiger partial charge < -0.3 is 19.3 Å². The number of allylic oxidation sites excluding steroid dienone is 1. The van der Waals surface area contributed by atoms with E-state index in [1.807, 2.05) is 6.07 Å². The molecule has 3 fully saturated rings. The summed E-state index contributed by atoms with van der Waals surface area (Å²) < 4.78 is 16.8. The van der Waals surface area contributed by atoms with Crippen molar-refractivity contribution < 1.29 is 24.1 Å². The van der Waals surface area contributed by atoms with Crippen LogP contribution in [0.2, 0.25) is 0 Å². The van der Waals surface area contributed by atoms with E-state index in [-0.39, 0.29) is 29.3 Å². The van der Waals surface area contributed by atoms with E-state index in [1.165, 1.54) is 11.1 Å². The second-order valence-electron chi connectivity index (χ2n) is 11.1. The van der Waals surface area contributed by atoms with Crippen LogP contribution in [0.3, 0.4) is 0 Å². The molecule has 1 N–H and O–H groups in total. The lowest BCUT2D eigenvalue weighted by Gasteiger charge is -2.52. The van der Waals surface area contributed by atoms with Crippen LogP contribution in [0.25, 0.3) is 0 Å². The summed E-state index contributed by atoms with van der Waals surface area (Å²) in [5.41, 5.74) is 2.28. The molecule has 3 aliphatic heterocycles. The highest BCUT2D eigenvalue weighted by Gasteiger charge is 2.59. The van der Waals surface area contributed by atoms with Crippen LogP contribution in [-0.2, 0) is 16.1 Å². The molecule has 7 nitrogen and oxygen atoms in total. The minimum atomic E-state index is -0.531. The van der Waals surface area contributed by atoms with Gasteiger partial charge in [0.2, 0.25) is 6.79 Å². The van der Waals surface area contributed by atoms with E-state index in [4.69, 9.17) is 14.2 Å². The second kappa shape index (κ2) is 8.54. The van der Waals surface area contributed by atoms with Crippen molar-refractivity contribution in [1.29, 1.82) is 0 Å². The monoisotopic (exact) mass is 468 g/mol. The summed E-state index contributed by atoms with van der Waals surface area (Å²) in [7, 11) is 0. The average molecular weight is 469 g/mol. The van der Waals surface area contributed by atoms with Crippen LogP contribution in [0.5, 0.6) is 11.5 Å². The van der Waals surface area contributed by atoms with Crippen molar-refractivity contribution in [2.75, 3.05) is 39.5 Å². The maximum atomic E-state index is 12.9. The molecule has 0 bridgehead atoms. The summed E-state index contributed by atoms with van der Waals surface area (Å²) in [4.78, 5) is 17.8. The fraction of sp³-hybridized carbons (Fsp3) is 0.667. The largest absolute Gasteiger partial charge is 0.461 e. The van der Waals surface area contributed by atoms with Gasteiger partial charge in [0, 0.05) is 57.0 Å². The van der Waals surface area contributed by atoms with E-state index in [1.54, 1.807) is 0 Å². The number of benzene rings is 1. The molecule has 0 spiro atoms. The summed E-state index contributed by atoms with van der Waals surface area (Å²) in [6, 6.07) is 6.16. The maximum absolute atomic E-state index is 12.9. The summed E-state index contributed by atoms with van der Waals surface area (Å²) in [6.45, 7) is 10.1. The third kappa shape index (κ3) is 3.64. The minimum Gasteiger partial charge on any atom is -0.461 e. The standard InChI is InChI=1S/C27H36N2O5/c1-17-4-3-5-19-13-23-24(25(30)27(17,19)2)20(26(31)34-23)15-29-10-8-28(9-11-29)14-18-6-7-21-22(12-18)33-16-32-21/h5-7,12,17,20,23-25,30H,3-4,8-11,13-16H2,1-2H3/t17-,20+,23+,24+,25+,27+/m0/s1. The fourth-order valence-electron chi connectivity index (χ4n) is 6.98. The summed E-state index contributed by atoms with van der Waals surface area (Å²) >= 11 is 0. The normalized spacial score (nSPS) is 37.7. The van der Waals surface area contributed by atoms with E-state index >= 15 is 0 Å². The number of rotatable bonds is 4. The second-order valence-corrected chi connectivity index (χ2v) is 11.1. The van der Waals surface area contributed by atoms with Crippen molar-refractivity contribution >= 4 is 5.97 Å². The first kappa shape index (κ1) is 22.4. The first-order valence-corrected chi connectivity index (χ1v) is 12.8. The smallest absolute Gasteiger partial charge is 0.311 e. The molecule has 2 aliphatic carbocycles. The first-order valence-electron chi connectivity index (χ1n) is 12.8. The molecular weight excluding hydrogens is 432 g/mol. The van der Waals surface area contributed by atoms with Gasteiger partial charge in [-0.25, -0.2) is 0 Å². The molecule has 6 atom stereocenters. The number of carbonyl (C=O) groups is 1. The molecule has 34 heavy (non-hydrogen) atoms. The van der Waals surface area contributed by atoms with Gasteiger partial charge in [-0.1, -0.05) is 31.6 Å². The Bertz CT molecular complexity index is 987. The molecule has 184 valence electrons. The number of carbonyl (C=O) groups excluding carboxylic acids is 1. The number of hydrogen-bond donors (Lipinski definition) is 1. The van der Waals surface area contributed by atoms with Crippen molar-refractivity contribution in [2.45, 2.75) is 51.9 Å². The third-order valence-corrected chi connectivity index (χ3v) is 9.33. The van der Waals surface area contributed by atoms with Crippen molar-refractivity contribution in [1.82, 2.24) is 9.80 Å². The van der Waals surface area contributed by atoms with Crippen LogP contribution in [-0.4, -0.2) is 72.6 Å². The SMILES string of the molecule is C[C@H]1CCC=C2C[C@H]3OC(=O)[C@H](CN4CCN(Cc5ccc6c(c5)OCO6)CC4)[C@H]3[C@@H](O)[C@@]21C. The molecule has 0 unspecified atom stereocenters. The van der Waals surface area contributed by atoms with Gasteiger partial charge >= 0.3 is 5.97 Å². The Morgan fingerprint density at radius 1 is 1.12 bits per heavy atom. The Balaban J connectivity index is 1.09. The summed E-state index contributed by atoms with van der Waals surface area (Å²) in [6.07, 6.45) is 4.53. The number of piperazine rings is 1. The lowest BCUT2D eigenvalue weighted by atomic mass is 9.55. The molecule has 0 aromatic heterocycles. The number of aliphatic hydroxyl groups excluding tert-OH is 1. The van der Waals surface area contributed by atoms with Crippen molar-refractivity contribution in [3.05, 3.63) is 35.4 Å². The predicted molar refractivity (Wildman–Crippen MR) is 126 cm³/mol. The highest BCUT2D eigenvalue weighted by Crippen LogP contribution is 2.56. The van der Waals surface area contributed by atoms with Gasteiger partial charge in [-0.2, -0.15) is 0 Å². The van der Waals surface area contributed by atoms with Crippen LogP contribution in [0.1, 0.15) is 38.7 Å². The molecule has 6 rings (SSSR count). The van der Waals surface area contributed by atoms with E-state index < -0.39 is 6.10 Å². The average Bonchev–Trinajstić information content (AvgIpc) is 3.41. The Morgan fingerprint density at radius 3 is 2.71 bits per heavy atom. The zero-order valence-electron chi connectivity index (χ0n) is 20.2. The number of nitrogens with zero attached hydrogens (tertiary/aromatic N) is 2. The van der Waals surface area contributed by atoms with Gasteiger partial charge in [-0.15, -0.1) is 0 Å². The minimum absolute atomic E-state index is 0.109. The molecular formula is C27H36N2O5. The molecule has 3 heterocycles. The van der Waals surface area contributed by atoms with Crippen molar-refractivity contribution in [2.24, 2.45) is 23.2 Å². The van der Waals surface area contributed by atoms with E-state index in [2.05, 4.69) is 41.9 Å². The van der Waals surface area contributed by atoms with E-state index in [9.17, 15) is 9.90 Å². The predicted octanol–water partition coefficient (Wildman–Crippen LogP) is 2.82. The summed E-state index contributed by atoms with van der Waals surface area (Å²) in [5.74, 6) is 1.59. The number of aliphatic hydroxyl groups is 1. The lowest BCUT2D eigenvalue weighted by molar-refractivity contribution is -0.145. The lowest BCUT2D eigenvalue weighted by Crippen LogP contribution is -2.55. The van der Waals surface area contributed by atoms with Crippen molar-refractivity contribution in [3.8, 4) is 11.5 Å². The first-order chi connectivity index (χ1) is 16.4. The zero-order valence-corrected chi connectivity index (χ0v) is 20.2. The number of fused-ring (bicyclic) bond motifs is 3. The molecule has 0 amide bonds. The third-order valence-electron chi connectivity index (χ3n) is 9.33. The zero-order chi connectivity index (χ0) is 23.4. The van der Waals surface area contributed by atoms with E-state index in [0.717, 1.165) is 63.5 Å². The Morgan fingerprint density at radius 2 is 1.88 bits per heavy atom. The van der Waals surface area contributed by atoms with Crippen LogP contribution in [0.4, 0.5) is 0 Å². The topological polar surface area (TPSA) is 71.5 Å². The van der Waals surface area contributed by atoms with Crippen LogP contribution in [0, 0.1) is 23.2 Å². The summed E-state index contributed by atoms with van der Waals surface area (Å²) in [5, 5.41) is 11.6. The molecule has 1 aromatic rings. The van der Waals surface area contributed by atoms with Crippen molar-refractivity contribution in [3.63, 3.8) is 0 Å². The molecule has 0 radical (unpaired) electrons. The number of esters is 1. The van der Waals surface area contributed by atoms with Gasteiger partial charge in [-0.3, -0.25) is 14.6 Å². The van der Waals surface area contributed by atoms with Gasteiger partial charge in [0.25, 0.3) is 0 Å². The quantitative estimate of drug-likeness (QED) is 0.538. The molecule has 5 aliphatic rings. The van der Waals surface area contributed by atoms with Gasteiger partial charge in [0.05, 0.1) is 12.0 Å². The van der Waals surface area contributed by atoms with E-state index in [0.29, 0.717) is 19.3 Å². The Kier molecular flexibility index (Phi) is 5.62. The molecule has 2 saturated heterocycles. The Labute approximate surface area is 201 Å². The van der Waals surface area contributed by atoms with Gasteiger partial charge in [-0.05, 0) is 36.5 Å². The molecule has 1 saturated carbocycles. The van der Waals surface area contributed by atoms with Gasteiger partial charge in [0.1, 0.15) is 6.10 Å². The van der Waals surface area contributed by atoms with Crippen LogP contribution >= 0.6 is 0 Å². The Hall–Kier alpha value is -2.09. The molecule has 1 aromatic carbocycles. The highest BCUT2D eigenvalue weighted by atomic mass is 16.7. The van der Waals surface area contributed by atoms with Gasteiger partial charge in [0.15, 0.2) is 11.5 Å². The number of ether oxygens (including phenoxy) is 3. The molecule has 7 heteroatoms. The highest BCUT2D eigenvalue weighted by molar-refractivity contribution is 5.76. The number of hydrogen-bond acceptors (Lipinski definition) is 7.